The van der Waals surface area contributed by atoms with Crippen molar-refractivity contribution in [2.24, 2.45) is 11.7 Å². The molecule has 2 heterocycles. The van der Waals surface area contributed by atoms with Crippen molar-refractivity contribution >= 4 is 12.6 Å². The Balaban J connectivity index is 2.18. The Labute approximate surface area is 128 Å². The second-order valence-corrected chi connectivity index (χ2v) is 7.17. The minimum atomic E-state index is -0.345. The molecule has 2 rings (SSSR count). The predicted molar refractivity (Wildman–Crippen MR) is 86.6 cm³/mol. The van der Waals surface area contributed by atoms with Gasteiger partial charge in [0.25, 0.3) is 0 Å². The second kappa shape index (κ2) is 5.71. The van der Waals surface area contributed by atoms with E-state index in [4.69, 9.17) is 15.0 Å². The molecule has 4 nitrogen and oxygen atoms in total. The Morgan fingerprint density at radius 1 is 1.24 bits per heavy atom. The van der Waals surface area contributed by atoms with E-state index in [0.717, 1.165) is 17.6 Å². The number of rotatable bonds is 4. The lowest BCUT2D eigenvalue weighted by atomic mass is 9.79. The normalized spacial score (nSPS) is 21.6. The minimum Gasteiger partial charge on any atom is -0.399 e. The molecular weight excluding hydrogens is 263 g/mol. The average molecular weight is 290 g/mol. The van der Waals surface area contributed by atoms with Gasteiger partial charge in [0.05, 0.1) is 11.2 Å². The van der Waals surface area contributed by atoms with E-state index in [1.165, 1.54) is 5.56 Å². The van der Waals surface area contributed by atoms with Gasteiger partial charge in [-0.15, -0.1) is 0 Å². The van der Waals surface area contributed by atoms with Gasteiger partial charge in [0, 0.05) is 17.4 Å². The monoisotopic (exact) mass is 290 g/mol. The Morgan fingerprint density at radius 2 is 1.81 bits per heavy atom. The molecule has 2 N–H and O–H groups in total. The lowest BCUT2D eigenvalue weighted by Gasteiger charge is -2.32. The number of pyridine rings is 1. The van der Waals surface area contributed by atoms with Crippen molar-refractivity contribution in [2.75, 3.05) is 6.54 Å². The van der Waals surface area contributed by atoms with Gasteiger partial charge in [-0.25, -0.2) is 0 Å². The first kappa shape index (κ1) is 16.5. The molecule has 1 unspecified atom stereocenters. The number of nitrogens with zero attached hydrogens (tertiary/aromatic N) is 1. The van der Waals surface area contributed by atoms with E-state index in [1.807, 2.05) is 6.20 Å². The summed E-state index contributed by atoms with van der Waals surface area (Å²) >= 11 is 0. The van der Waals surface area contributed by atoms with Gasteiger partial charge in [-0.05, 0) is 59.1 Å². The average Bonchev–Trinajstić information content (AvgIpc) is 2.60. The van der Waals surface area contributed by atoms with Crippen LogP contribution in [-0.2, 0) is 15.7 Å². The summed E-state index contributed by atoms with van der Waals surface area (Å²) in [6.45, 7) is 13.1. The smallest absolute Gasteiger partial charge is 0.399 e. The van der Waals surface area contributed by atoms with Crippen LogP contribution in [0.1, 0.15) is 45.9 Å². The quantitative estimate of drug-likeness (QED) is 0.859. The van der Waals surface area contributed by atoms with E-state index in [1.54, 1.807) is 0 Å². The maximum Gasteiger partial charge on any atom is 0.496 e. The van der Waals surface area contributed by atoms with Crippen molar-refractivity contribution in [3.05, 3.63) is 23.5 Å². The van der Waals surface area contributed by atoms with Gasteiger partial charge in [0.1, 0.15) is 0 Å². The van der Waals surface area contributed by atoms with Crippen LogP contribution in [0.3, 0.4) is 0 Å². The van der Waals surface area contributed by atoms with Crippen LogP contribution in [-0.4, -0.2) is 29.8 Å². The molecule has 0 aromatic carbocycles. The molecule has 0 saturated carbocycles. The van der Waals surface area contributed by atoms with Crippen LogP contribution in [0.15, 0.2) is 12.3 Å². The maximum atomic E-state index is 6.07. The van der Waals surface area contributed by atoms with Gasteiger partial charge < -0.3 is 15.0 Å². The van der Waals surface area contributed by atoms with E-state index in [0.29, 0.717) is 12.5 Å². The van der Waals surface area contributed by atoms with E-state index in [2.05, 4.69) is 52.6 Å². The molecule has 1 aromatic rings. The molecule has 1 aliphatic rings. The highest BCUT2D eigenvalue weighted by Crippen LogP contribution is 2.36. The molecular formula is C16H27BN2O2. The van der Waals surface area contributed by atoms with E-state index in [-0.39, 0.29) is 18.3 Å². The van der Waals surface area contributed by atoms with Gasteiger partial charge in [0.15, 0.2) is 0 Å². The Kier molecular flexibility index (Phi) is 4.48. The number of nitrogens with two attached hydrogens (primary N) is 1. The lowest BCUT2D eigenvalue weighted by molar-refractivity contribution is 0.00578. The lowest BCUT2D eigenvalue weighted by Crippen LogP contribution is -2.41. The predicted octanol–water partition coefficient (Wildman–Crippen LogP) is 1.83. The summed E-state index contributed by atoms with van der Waals surface area (Å²) in [6, 6.07) is 2.12. The first-order chi connectivity index (χ1) is 9.66. The molecule has 0 bridgehead atoms. The van der Waals surface area contributed by atoms with Crippen LogP contribution in [0, 0.1) is 12.8 Å². The third-order valence-electron chi connectivity index (χ3n) is 4.68. The van der Waals surface area contributed by atoms with Crippen molar-refractivity contribution in [3.63, 3.8) is 0 Å². The summed E-state index contributed by atoms with van der Waals surface area (Å²) in [5.41, 5.74) is 8.30. The van der Waals surface area contributed by atoms with Crippen molar-refractivity contribution in [1.29, 1.82) is 0 Å². The number of hydrogen-bond acceptors (Lipinski definition) is 4. The van der Waals surface area contributed by atoms with Crippen molar-refractivity contribution in [1.82, 2.24) is 4.98 Å². The molecule has 1 aromatic heterocycles. The number of hydrogen-bond donors (Lipinski definition) is 1. The molecule has 0 amide bonds. The molecule has 0 aliphatic carbocycles. The highest BCUT2D eigenvalue weighted by molar-refractivity contribution is 6.62. The molecule has 21 heavy (non-hydrogen) atoms. The summed E-state index contributed by atoms with van der Waals surface area (Å²) in [5.74, 6) is 0.443. The van der Waals surface area contributed by atoms with Gasteiger partial charge >= 0.3 is 7.12 Å². The fourth-order valence-electron chi connectivity index (χ4n) is 2.36. The number of aryl methyl sites for hydroxylation is 1. The van der Waals surface area contributed by atoms with Gasteiger partial charge in [-0.3, -0.25) is 4.98 Å². The van der Waals surface area contributed by atoms with Crippen molar-refractivity contribution < 1.29 is 9.31 Å². The molecule has 0 radical (unpaired) electrons. The van der Waals surface area contributed by atoms with E-state index in [9.17, 15) is 0 Å². The maximum absolute atomic E-state index is 6.07. The molecule has 0 spiro atoms. The highest BCUT2D eigenvalue weighted by atomic mass is 16.7. The Bertz CT molecular complexity index is 501. The molecule has 5 heteroatoms. The van der Waals surface area contributed by atoms with Crippen LogP contribution in [0.4, 0.5) is 0 Å². The fourth-order valence-corrected chi connectivity index (χ4v) is 2.36. The highest BCUT2D eigenvalue weighted by Gasteiger charge is 2.51. The minimum absolute atomic E-state index is 0.321. The second-order valence-electron chi connectivity index (χ2n) is 7.17. The first-order valence-electron chi connectivity index (χ1n) is 7.67. The van der Waals surface area contributed by atoms with Gasteiger partial charge in [0.2, 0.25) is 0 Å². The van der Waals surface area contributed by atoms with Crippen LogP contribution in [0.25, 0.3) is 0 Å². The standard InChI is InChI=1S/C16H27BN2O2/c1-11(9-18)7-14-12(2)8-13(10-19-14)17-20-15(3,4)16(5,6)21-17/h8,10-11H,7,9,18H2,1-6H3. The first-order valence-corrected chi connectivity index (χ1v) is 7.67. The van der Waals surface area contributed by atoms with Crippen molar-refractivity contribution in [2.45, 2.75) is 59.2 Å². The topological polar surface area (TPSA) is 57.4 Å². The molecule has 1 saturated heterocycles. The third kappa shape index (κ3) is 3.30. The van der Waals surface area contributed by atoms with Crippen LogP contribution in [0.5, 0.6) is 0 Å². The van der Waals surface area contributed by atoms with Gasteiger partial charge in [-0.1, -0.05) is 13.0 Å². The molecule has 1 atom stereocenters. The number of aromatic nitrogens is 1. The molecule has 1 aliphatic heterocycles. The van der Waals surface area contributed by atoms with Crippen LogP contribution in [0.2, 0.25) is 0 Å². The molecule has 116 valence electrons. The van der Waals surface area contributed by atoms with Crippen LogP contribution >= 0.6 is 0 Å². The zero-order valence-corrected chi connectivity index (χ0v) is 14.1. The zero-order valence-electron chi connectivity index (χ0n) is 14.1. The van der Waals surface area contributed by atoms with E-state index >= 15 is 0 Å². The zero-order chi connectivity index (χ0) is 15.8. The summed E-state index contributed by atoms with van der Waals surface area (Å²) in [6.07, 6.45) is 2.78. The van der Waals surface area contributed by atoms with Crippen molar-refractivity contribution in [3.8, 4) is 0 Å². The van der Waals surface area contributed by atoms with E-state index < -0.39 is 0 Å². The summed E-state index contributed by atoms with van der Waals surface area (Å²) in [5, 5.41) is 0. The van der Waals surface area contributed by atoms with Crippen LogP contribution < -0.4 is 11.2 Å². The van der Waals surface area contributed by atoms with Gasteiger partial charge in [-0.2, -0.15) is 0 Å². The summed E-state index contributed by atoms with van der Waals surface area (Å²) < 4.78 is 12.1. The Hall–Kier alpha value is -0.905. The fraction of sp³-hybridized carbons (Fsp3) is 0.688. The largest absolute Gasteiger partial charge is 0.496 e. The summed E-state index contributed by atoms with van der Waals surface area (Å²) in [4.78, 5) is 4.59. The Morgan fingerprint density at radius 3 is 2.29 bits per heavy atom. The SMILES string of the molecule is Cc1cc(B2OC(C)(C)C(C)(C)O2)cnc1CC(C)CN. The molecule has 1 fully saturated rings. The summed E-state index contributed by atoms with van der Waals surface area (Å²) in [7, 11) is -0.345. The third-order valence-corrected chi connectivity index (χ3v) is 4.68.